The molecule has 3 amide bonds. The highest BCUT2D eigenvalue weighted by Crippen LogP contribution is 2.27. The zero-order chi connectivity index (χ0) is 20.4. The lowest BCUT2D eigenvalue weighted by molar-refractivity contribution is -0.126. The minimum absolute atomic E-state index is 0.0797. The minimum Gasteiger partial charge on any atom is -0.312 e. The summed E-state index contributed by atoms with van der Waals surface area (Å²) in [5.41, 5.74) is 7.85. The number of nitrogens with zero attached hydrogens (tertiary/aromatic N) is 1. The van der Waals surface area contributed by atoms with Crippen LogP contribution in [0.15, 0.2) is 36.4 Å². The van der Waals surface area contributed by atoms with Crippen LogP contribution in [0, 0.1) is 19.8 Å². The van der Waals surface area contributed by atoms with E-state index in [1.165, 1.54) is 18.2 Å². The van der Waals surface area contributed by atoms with Crippen LogP contribution in [-0.4, -0.2) is 24.3 Å². The normalized spacial score (nSPS) is 16.2. The molecule has 1 atom stereocenters. The Morgan fingerprint density at radius 2 is 1.79 bits per heavy atom. The van der Waals surface area contributed by atoms with Crippen molar-refractivity contribution >= 4 is 46.6 Å². The molecule has 1 aliphatic heterocycles. The van der Waals surface area contributed by atoms with Gasteiger partial charge in [0.25, 0.3) is 5.91 Å². The zero-order valence-corrected chi connectivity index (χ0v) is 16.9. The van der Waals surface area contributed by atoms with Gasteiger partial charge in [0.1, 0.15) is 0 Å². The fraction of sp³-hybridized carbons (Fsp3) is 0.250. The number of amides is 3. The fourth-order valence-corrected chi connectivity index (χ4v) is 3.48. The molecule has 6 nitrogen and oxygen atoms in total. The molecule has 0 radical (unpaired) electrons. The van der Waals surface area contributed by atoms with Gasteiger partial charge in [-0.1, -0.05) is 29.3 Å². The van der Waals surface area contributed by atoms with Crippen molar-refractivity contribution in [2.24, 2.45) is 5.92 Å². The van der Waals surface area contributed by atoms with E-state index in [0.717, 1.165) is 16.8 Å². The Bertz CT molecular complexity index is 962. The van der Waals surface area contributed by atoms with E-state index in [1.54, 1.807) is 4.90 Å². The van der Waals surface area contributed by atoms with Gasteiger partial charge in [0.2, 0.25) is 11.8 Å². The van der Waals surface area contributed by atoms with Crippen molar-refractivity contribution in [3.05, 3.63) is 63.1 Å². The predicted molar refractivity (Wildman–Crippen MR) is 108 cm³/mol. The number of anilines is 1. The van der Waals surface area contributed by atoms with Gasteiger partial charge in [-0.05, 0) is 55.3 Å². The van der Waals surface area contributed by atoms with E-state index in [9.17, 15) is 14.4 Å². The van der Waals surface area contributed by atoms with E-state index in [1.807, 2.05) is 32.0 Å². The summed E-state index contributed by atoms with van der Waals surface area (Å²) in [5.74, 6) is -1.69. The average Bonchev–Trinajstić information content (AvgIpc) is 3.03. The smallest absolute Gasteiger partial charge is 0.271 e. The lowest BCUT2D eigenvalue weighted by Gasteiger charge is -2.18. The number of rotatable bonds is 3. The summed E-state index contributed by atoms with van der Waals surface area (Å²) in [5, 5.41) is 0.581. The van der Waals surface area contributed by atoms with Gasteiger partial charge in [-0.3, -0.25) is 25.2 Å². The Labute approximate surface area is 172 Å². The molecule has 1 fully saturated rings. The first-order valence-corrected chi connectivity index (χ1v) is 9.44. The van der Waals surface area contributed by atoms with Crippen LogP contribution in [0.3, 0.4) is 0 Å². The monoisotopic (exact) mass is 419 g/mol. The third-order valence-electron chi connectivity index (χ3n) is 4.77. The maximum absolute atomic E-state index is 12.4. The van der Waals surface area contributed by atoms with Crippen molar-refractivity contribution in [1.82, 2.24) is 10.9 Å². The number of nitrogens with one attached hydrogen (secondary N) is 2. The molecule has 0 unspecified atom stereocenters. The Hall–Kier alpha value is -2.57. The number of hydrazine groups is 1. The molecule has 3 rings (SSSR count). The Morgan fingerprint density at radius 3 is 2.46 bits per heavy atom. The summed E-state index contributed by atoms with van der Waals surface area (Å²) in [6, 6.07) is 10.2. The van der Waals surface area contributed by atoms with E-state index in [2.05, 4.69) is 10.9 Å². The molecule has 2 aromatic carbocycles. The molecule has 1 heterocycles. The van der Waals surface area contributed by atoms with Crippen LogP contribution < -0.4 is 15.8 Å². The van der Waals surface area contributed by atoms with Gasteiger partial charge >= 0.3 is 0 Å². The topological polar surface area (TPSA) is 78.5 Å². The van der Waals surface area contributed by atoms with E-state index in [0.29, 0.717) is 5.02 Å². The highest BCUT2D eigenvalue weighted by Gasteiger charge is 2.35. The number of carbonyl (C=O) groups excluding carboxylic acids is 3. The SMILES string of the molecule is Cc1ccc(N2C[C@@H](C(=O)NNC(=O)c3ccc(Cl)cc3Cl)CC2=O)cc1C. The van der Waals surface area contributed by atoms with Crippen molar-refractivity contribution in [3.8, 4) is 0 Å². The van der Waals surface area contributed by atoms with Gasteiger partial charge in [0.05, 0.1) is 16.5 Å². The second-order valence-electron chi connectivity index (χ2n) is 6.74. The molecule has 8 heteroatoms. The number of hydrogen-bond acceptors (Lipinski definition) is 3. The molecule has 2 aromatic rings. The van der Waals surface area contributed by atoms with E-state index in [-0.39, 0.29) is 29.5 Å². The van der Waals surface area contributed by atoms with Crippen LogP contribution in [0.4, 0.5) is 5.69 Å². The van der Waals surface area contributed by atoms with Crippen molar-refractivity contribution < 1.29 is 14.4 Å². The molecule has 146 valence electrons. The van der Waals surface area contributed by atoms with Crippen molar-refractivity contribution in [3.63, 3.8) is 0 Å². The number of carbonyl (C=O) groups is 3. The summed E-state index contributed by atoms with van der Waals surface area (Å²) < 4.78 is 0. The number of hydrogen-bond donors (Lipinski definition) is 2. The Kier molecular flexibility index (Phi) is 5.91. The summed E-state index contributed by atoms with van der Waals surface area (Å²) in [6.45, 7) is 4.22. The van der Waals surface area contributed by atoms with Crippen molar-refractivity contribution in [1.29, 1.82) is 0 Å². The summed E-state index contributed by atoms with van der Waals surface area (Å²) in [6.07, 6.45) is 0.0797. The van der Waals surface area contributed by atoms with Crippen LogP contribution in [0.1, 0.15) is 27.9 Å². The highest BCUT2D eigenvalue weighted by molar-refractivity contribution is 6.36. The summed E-state index contributed by atoms with van der Waals surface area (Å²) >= 11 is 11.8. The maximum atomic E-state index is 12.4. The molecule has 0 spiro atoms. The van der Waals surface area contributed by atoms with Crippen molar-refractivity contribution in [2.45, 2.75) is 20.3 Å². The molecule has 0 saturated carbocycles. The molecular weight excluding hydrogens is 401 g/mol. The van der Waals surface area contributed by atoms with Gasteiger partial charge in [-0.25, -0.2) is 0 Å². The quantitative estimate of drug-likeness (QED) is 0.747. The zero-order valence-electron chi connectivity index (χ0n) is 15.4. The van der Waals surface area contributed by atoms with Gasteiger partial charge in [-0.15, -0.1) is 0 Å². The van der Waals surface area contributed by atoms with Crippen LogP contribution in [-0.2, 0) is 9.59 Å². The van der Waals surface area contributed by atoms with E-state index >= 15 is 0 Å². The van der Waals surface area contributed by atoms with Crippen LogP contribution in [0.25, 0.3) is 0 Å². The lowest BCUT2D eigenvalue weighted by atomic mass is 10.1. The molecule has 28 heavy (non-hydrogen) atoms. The second kappa shape index (κ2) is 8.20. The highest BCUT2D eigenvalue weighted by atomic mass is 35.5. The molecule has 0 aromatic heterocycles. The molecule has 2 N–H and O–H groups in total. The summed E-state index contributed by atoms with van der Waals surface area (Å²) in [7, 11) is 0. The largest absolute Gasteiger partial charge is 0.312 e. The van der Waals surface area contributed by atoms with Gasteiger partial charge in [-0.2, -0.15) is 0 Å². The number of benzene rings is 2. The maximum Gasteiger partial charge on any atom is 0.271 e. The molecule has 1 aliphatic rings. The lowest BCUT2D eigenvalue weighted by Crippen LogP contribution is -2.45. The second-order valence-corrected chi connectivity index (χ2v) is 7.59. The van der Waals surface area contributed by atoms with Crippen LogP contribution >= 0.6 is 23.2 Å². The van der Waals surface area contributed by atoms with Gasteiger partial charge < -0.3 is 4.90 Å². The van der Waals surface area contributed by atoms with Crippen LogP contribution in [0.5, 0.6) is 0 Å². The minimum atomic E-state index is -0.564. The first kappa shape index (κ1) is 20.2. The third kappa shape index (κ3) is 4.29. The standard InChI is InChI=1S/C20H19Cl2N3O3/c1-11-3-5-15(7-12(11)2)25-10-13(8-18(25)26)19(27)23-24-20(28)16-6-4-14(21)9-17(16)22/h3-7,9,13H,8,10H2,1-2H3,(H,23,27)(H,24,28)/t13-/m0/s1. The summed E-state index contributed by atoms with van der Waals surface area (Å²) in [4.78, 5) is 38.5. The first-order chi connectivity index (χ1) is 13.3. The molecule has 0 bridgehead atoms. The number of aryl methyl sites for hydroxylation is 2. The van der Waals surface area contributed by atoms with E-state index < -0.39 is 17.7 Å². The van der Waals surface area contributed by atoms with Gasteiger partial charge in [0, 0.05) is 23.7 Å². The molecular formula is C20H19Cl2N3O3. The van der Waals surface area contributed by atoms with Crippen LogP contribution in [0.2, 0.25) is 10.0 Å². The van der Waals surface area contributed by atoms with Gasteiger partial charge in [0.15, 0.2) is 0 Å². The Morgan fingerprint density at radius 1 is 1.04 bits per heavy atom. The molecule has 0 aliphatic carbocycles. The third-order valence-corrected chi connectivity index (χ3v) is 5.32. The molecule has 1 saturated heterocycles. The number of halogens is 2. The average molecular weight is 420 g/mol. The first-order valence-electron chi connectivity index (χ1n) is 8.69. The predicted octanol–water partition coefficient (Wildman–Crippen LogP) is 3.42. The van der Waals surface area contributed by atoms with Crippen molar-refractivity contribution in [2.75, 3.05) is 11.4 Å². The van der Waals surface area contributed by atoms with E-state index in [4.69, 9.17) is 23.2 Å². The fourth-order valence-electron chi connectivity index (χ4n) is 2.99. The Balaban J connectivity index is 1.61.